The molecule has 0 saturated carbocycles. The predicted molar refractivity (Wildman–Crippen MR) is 190 cm³/mol. The zero-order valence-corrected chi connectivity index (χ0v) is 29.1. The van der Waals surface area contributed by atoms with Gasteiger partial charge in [-0.25, -0.2) is 0 Å². The second-order valence-corrected chi connectivity index (χ2v) is 12.9. The summed E-state index contributed by atoms with van der Waals surface area (Å²) in [6.07, 6.45) is 46.7. The third kappa shape index (κ3) is 47.0. The second kappa shape index (κ2) is 44.3. The van der Waals surface area contributed by atoms with Crippen LogP contribution in [0.1, 0.15) is 219 Å². The average Bonchev–Trinajstić information content (AvgIpc) is 2.99. The molecule has 0 rings (SSSR count). The molecule has 3 heteroatoms. The first-order valence-corrected chi connectivity index (χ1v) is 19.4. The second-order valence-electron chi connectivity index (χ2n) is 12.9. The molecule has 250 valence electrons. The molecule has 0 radical (unpaired) electrons. The molecule has 0 spiro atoms. The number of hydrogen-bond donors (Lipinski definition) is 3. The maximum Gasteiger partial charge on any atom is 0.00461 e. The van der Waals surface area contributed by atoms with Crippen LogP contribution in [-0.4, -0.2) is 26.2 Å². The van der Waals surface area contributed by atoms with Gasteiger partial charge in [0.2, 0.25) is 0 Å². The number of nitrogens with two attached hydrogens (primary N) is 2. The van der Waals surface area contributed by atoms with Gasteiger partial charge in [0.25, 0.3) is 0 Å². The largest absolute Gasteiger partial charge is 0.329 e. The van der Waals surface area contributed by atoms with E-state index < -0.39 is 0 Å². The normalized spacial score (nSPS) is 11.1. The van der Waals surface area contributed by atoms with Crippen molar-refractivity contribution in [1.29, 1.82) is 0 Å². The Labute approximate surface area is 261 Å². The molecule has 0 heterocycles. The zero-order valence-electron chi connectivity index (χ0n) is 29.1. The van der Waals surface area contributed by atoms with Crippen molar-refractivity contribution in [3.63, 3.8) is 0 Å². The summed E-state index contributed by atoms with van der Waals surface area (Å²) in [6, 6.07) is 0. The Morgan fingerprint density at radius 2 is 0.439 bits per heavy atom. The summed E-state index contributed by atoms with van der Waals surface area (Å²) in [5.74, 6) is 0. The van der Waals surface area contributed by atoms with Crippen LogP contribution in [0.2, 0.25) is 0 Å². The Hall–Kier alpha value is -0.120. The Bertz CT molecular complexity index is 365. The van der Waals surface area contributed by atoms with Gasteiger partial charge in [0.05, 0.1) is 0 Å². The first-order chi connectivity index (χ1) is 20.3. The molecule has 5 N–H and O–H groups in total. The van der Waals surface area contributed by atoms with Crippen LogP contribution in [-0.2, 0) is 0 Å². The molecule has 0 bridgehead atoms. The van der Waals surface area contributed by atoms with E-state index in [1.807, 2.05) is 0 Å². The first kappa shape index (κ1) is 43.0. The van der Waals surface area contributed by atoms with Crippen molar-refractivity contribution < 1.29 is 0 Å². The minimum atomic E-state index is 0.597. The third-order valence-corrected chi connectivity index (χ3v) is 8.58. The Balaban J connectivity index is 0. The fraction of sp³-hybridized carbons (Fsp3) is 1.00. The molecule has 0 saturated heterocycles. The number of nitrogens with one attached hydrogen (secondary N) is 1. The van der Waals surface area contributed by atoms with Crippen LogP contribution in [0.4, 0.5) is 0 Å². The summed E-state index contributed by atoms with van der Waals surface area (Å²) in [5.41, 5.74) is 9.81. The maximum absolute atomic E-state index is 4.90. The summed E-state index contributed by atoms with van der Waals surface area (Å²) >= 11 is 0. The summed E-state index contributed by atoms with van der Waals surface area (Å²) in [5, 5.41) is 3.68. The van der Waals surface area contributed by atoms with Crippen molar-refractivity contribution in [3.05, 3.63) is 0 Å². The highest BCUT2D eigenvalue weighted by atomic mass is 14.8. The van der Waals surface area contributed by atoms with Crippen LogP contribution in [0, 0.1) is 0 Å². The van der Waals surface area contributed by atoms with Crippen LogP contribution in [0.15, 0.2) is 0 Å². The maximum atomic E-state index is 4.90. The van der Waals surface area contributed by atoms with Gasteiger partial charge in [0, 0.05) is 13.1 Å². The average molecular weight is 582 g/mol. The minimum absolute atomic E-state index is 0.597. The van der Waals surface area contributed by atoms with E-state index in [1.165, 1.54) is 219 Å². The zero-order chi connectivity index (χ0) is 30.2. The highest BCUT2D eigenvalue weighted by Crippen LogP contribution is 2.15. The van der Waals surface area contributed by atoms with E-state index in [-0.39, 0.29) is 0 Å². The molecular formula is C38H83N3. The van der Waals surface area contributed by atoms with E-state index in [9.17, 15) is 0 Å². The van der Waals surface area contributed by atoms with Crippen LogP contribution < -0.4 is 16.8 Å². The van der Waals surface area contributed by atoms with Gasteiger partial charge in [-0.1, -0.05) is 206 Å². The molecule has 0 aliphatic heterocycles. The SMILES string of the molecule is CCCCCCCCCCCCCCCCCCNCCCCCCCCCCCCCCCCCC.NCCN. The molecule has 0 aliphatic carbocycles. The minimum Gasteiger partial charge on any atom is -0.329 e. The van der Waals surface area contributed by atoms with E-state index in [1.54, 1.807) is 0 Å². The van der Waals surface area contributed by atoms with Gasteiger partial charge in [-0.2, -0.15) is 0 Å². The standard InChI is InChI=1S/C36H75N.C2H8N2/c1-3-5-7-9-11-13-15-17-19-21-23-25-27-29-31-33-35-37-36-34-32-30-28-26-24-22-20-18-16-14-12-10-8-6-4-2;3-1-2-4/h37H,3-36H2,1-2H3;1-4H2. The van der Waals surface area contributed by atoms with Gasteiger partial charge in [-0.15, -0.1) is 0 Å². The van der Waals surface area contributed by atoms with Crippen LogP contribution in [0.5, 0.6) is 0 Å². The van der Waals surface area contributed by atoms with E-state index in [0.29, 0.717) is 13.1 Å². The molecule has 0 aliphatic rings. The fourth-order valence-electron chi connectivity index (χ4n) is 5.72. The first-order valence-electron chi connectivity index (χ1n) is 19.4. The van der Waals surface area contributed by atoms with E-state index in [0.717, 1.165) is 0 Å². The number of hydrogen-bond acceptors (Lipinski definition) is 3. The molecular weight excluding hydrogens is 498 g/mol. The highest BCUT2D eigenvalue weighted by Gasteiger charge is 1.97. The van der Waals surface area contributed by atoms with Crippen LogP contribution in [0.25, 0.3) is 0 Å². The lowest BCUT2D eigenvalue weighted by molar-refractivity contribution is 0.515. The van der Waals surface area contributed by atoms with Gasteiger partial charge >= 0.3 is 0 Å². The summed E-state index contributed by atoms with van der Waals surface area (Å²) in [6.45, 7) is 8.30. The molecule has 0 amide bonds. The Kier molecular flexibility index (Phi) is 46.5. The summed E-state index contributed by atoms with van der Waals surface area (Å²) < 4.78 is 0. The molecule has 0 aromatic rings. The summed E-state index contributed by atoms with van der Waals surface area (Å²) in [4.78, 5) is 0. The number of rotatable bonds is 35. The topological polar surface area (TPSA) is 64.1 Å². The van der Waals surface area contributed by atoms with Crippen molar-refractivity contribution in [3.8, 4) is 0 Å². The van der Waals surface area contributed by atoms with Gasteiger partial charge in [0.1, 0.15) is 0 Å². The predicted octanol–water partition coefficient (Wildman–Crippen LogP) is 12.0. The Morgan fingerprint density at radius 1 is 0.268 bits per heavy atom. The lowest BCUT2D eigenvalue weighted by atomic mass is 10.0. The Morgan fingerprint density at radius 3 is 0.610 bits per heavy atom. The quantitative estimate of drug-likeness (QED) is 0.0652. The third-order valence-electron chi connectivity index (χ3n) is 8.58. The van der Waals surface area contributed by atoms with E-state index in [2.05, 4.69) is 19.2 Å². The molecule has 0 unspecified atom stereocenters. The smallest absolute Gasteiger partial charge is 0.00461 e. The van der Waals surface area contributed by atoms with E-state index in [4.69, 9.17) is 11.5 Å². The van der Waals surface area contributed by atoms with Crippen molar-refractivity contribution in [1.82, 2.24) is 5.32 Å². The highest BCUT2D eigenvalue weighted by molar-refractivity contribution is 4.54. The lowest BCUT2D eigenvalue weighted by Gasteiger charge is -2.06. The molecule has 3 nitrogen and oxygen atoms in total. The van der Waals surface area contributed by atoms with Crippen molar-refractivity contribution in [2.75, 3.05) is 26.2 Å². The number of unbranched alkanes of at least 4 members (excludes halogenated alkanes) is 30. The van der Waals surface area contributed by atoms with Crippen molar-refractivity contribution in [2.45, 2.75) is 219 Å². The van der Waals surface area contributed by atoms with Crippen molar-refractivity contribution in [2.24, 2.45) is 11.5 Å². The molecule has 41 heavy (non-hydrogen) atoms. The van der Waals surface area contributed by atoms with Gasteiger partial charge in [-0.3, -0.25) is 0 Å². The van der Waals surface area contributed by atoms with E-state index >= 15 is 0 Å². The molecule has 0 aromatic heterocycles. The summed E-state index contributed by atoms with van der Waals surface area (Å²) in [7, 11) is 0. The lowest BCUT2D eigenvalue weighted by Crippen LogP contribution is -2.16. The monoisotopic (exact) mass is 582 g/mol. The fourth-order valence-corrected chi connectivity index (χ4v) is 5.72. The van der Waals surface area contributed by atoms with Crippen LogP contribution in [0.3, 0.4) is 0 Å². The van der Waals surface area contributed by atoms with Crippen molar-refractivity contribution >= 4 is 0 Å². The molecule has 0 fully saturated rings. The van der Waals surface area contributed by atoms with Crippen LogP contribution >= 0.6 is 0 Å². The molecule has 0 atom stereocenters. The van der Waals surface area contributed by atoms with Gasteiger partial charge < -0.3 is 16.8 Å². The van der Waals surface area contributed by atoms with Gasteiger partial charge in [0.15, 0.2) is 0 Å². The van der Waals surface area contributed by atoms with Gasteiger partial charge in [-0.05, 0) is 25.9 Å². The molecule has 0 aromatic carbocycles.